The Hall–Kier alpha value is -2.34. The number of nitrogens with zero attached hydrogens (tertiary/aromatic N) is 1. The number of nitrogens with one attached hydrogen (secondary N) is 1. The number of nitrogens with two attached hydrogens (primary N) is 1. The Balaban J connectivity index is 1.66. The van der Waals surface area contributed by atoms with Gasteiger partial charge >= 0.3 is 0 Å². The molecule has 6 heteroatoms. The second-order valence-electron chi connectivity index (χ2n) is 5.69. The number of benzene rings is 1. The number of thiophene rings is 1. The molecule has 0 fully saturated rings. The van der Waals surface area contributed by atoms with Gasteiger partial charge < -0.3 is 16.0 Å². The summed E-state index contributed by atoms with van der Waals surface area (Å²) in [5, 5.41) is 5.23. The third-order valence-corrected chi connectivity index (χ3v) is 5.04. The minimum Gasteiger partial charge on any atom is -0.374 e. The smallest absolute Gasteiger partial charge is 0.248 e. The minimum absolute atomic E-state index is 0.0614. The molecule has 1 aliphatic rings. The van der Waals surface area contributed by atoms with Crippen molar-refractivity contribution in [2.75, 3.05) is 11.9 Å². The van der Waals surface area contributed by atoms with Crippen LogP contribution in [0.2, 0.25) is 0 Å². The zero-order valence-corrected chi connectivity index (χ0v) is 13.7. The van der Waals surface area contributed by atoms with Crippen LogP contribution in [0.5, 0.6) is 0 Å². The summed E-state index contributed by atoms with van der Waals surface area (Å²) in [5.41, 5.74) is 7.68. The monoisotopic (exact) mass is 329 g/mol. The van der Waals surface area contributed by atoms with Gasteiger partial charge in [-0.05, 0) is 48.6 Å². The first-order valence-electron chi connectivity index (χ1n) is 7.55. The number of hydrogen-bond donors (Lipinski definition) is 2. The van der Waals surface area contributed by atoms with Gasteiger partial charge in [-0.15, -0.1) is 11.3 Å². The molecule has 3 N–H and O–H groups in total. The third kappa shape index (κ3) is 3.37. The molecule has 3 rings (SSSR count). The van der Waals surface area contributed by atoms with Crippen LogP contribution in [0.4, 0.5) is 5.69 Å². The third-order valence-electron chi connectivity index (χ3n) is 4.02. The van der Waals surface area contributed by atoms with Crippen molar-refractivity contribution < 1.29 is 9.59 Å². The first-order valence-corrected chi connectivity index (χ1v) is 8.43. The first kappa shape index (κ1) is 15.6. The maximum absolute atomic E-state index is 12.6. The van der Waals surface area contributed by atoms with Gasteiger partial charge in [0.15, 0.2) is 0 Å². The highest BCUT2D eigenvalue weighted by atomic mass is 32.1. The number of primary amides is 1. The second-order valence-corrected chi connectivity index (χ2v) is 6.69. The summed E-state index contributed by atoms with van der Waals surface area (Å²) in [6.07, 6.45) is 0.919. The summed E-state index contributed by atoms with van der Waals surface area (Å²) in [6, 6.07) is 8.62. The molecule has 0 unspecified atom stereocenters. The predicted molar refractivity (Wildman–Crippen MR) is 91.5 cm³/mol. The summed E-state index contributed by atoms with van der Waals surface area (Å²) >= 11 is 1.76. The lowest BCUT2D eigenvalue weighted by atomic mass is 10.1. The highest BCUT2D eigenvalue weighted by Crippen LogP contribution is 2.24. The van der Waals surface area contributed by atoms with Crippen LogP contribution < -0.4 is 11.1 Å². The van der Waals surface area contributed by atoms with Crippen LogP contribution in [0, 0.1) is 0 Å². The predicted octanol–water partition coefficient (Wildman–Crippen LogP) is 2.23. The van der Waals surface area contributed by atoms with Gasteiger partial charge in [-0.3, -0.25) is 9.59 Å². The fourth-order valence-corrected chi connectivity index (χ4v) is 3.67. The average Bonchev–Trinajstić information content (AvgIpc) is 3.01. The molecule has 2 aromatic rings. The second kappa shape index (κ2) is 6.42. The summed E-state index contributed by atoms with van der Waals surface area (Å²) in [4.78, 5) is 27.1. The first-order chi connectivity index (χ1) is 11.0. The molecule has 0 aliphatic carbocycles. The van der Waals surface area contributed by atoms with Gasteiger partial charge in [0.1, 0.15) is 6.04 Å². The number of hydrogen-bond acceptors (Lipinski definition) is 4. The number of carbonyl (C=O) groups is 2. The van der Waals surface area contributed by atoms with Crippen molar-refractivity contribution in [3.8, 4) is 0 Å². The van der Waals surface area contributed by atoms with Gasteiger partial charge in [0, 0.05) is 29.2 Å². The van der Waals surface area contributed by atoms with E-state index in [1.54, 1.807) is 29.5 Å². The van der Waals surface area contributed by atoms with Gasteiger partial charge in [-0.1, -0.05) is 6.07 Å². The van der Waals surface area contributed by atoms with Crippen molar-refractivity contribution in [1.29, 1.82) is 0 Å². The molecular weight excluding hydrogens is 310 g/mol. The Morgan fingerprint density at radius 1 is 1.35 bits per heavy atom. The Bertz CT molecular complexity index is 741. The van der Waals surface area contributed by atoms with Crippen molar-refractivity contribution in [1.82, 2.24) is 4.90 Å². The number of rotatable bonds is 4. The van der Waals surface area contributed by atoms with Crippen molar-refractivity contribution in [2.45, 2.75) is 25.9 Å². The SMILES string of the molecule is C[C@H](Nc1cccc(C(N)=O)c1)C(=O)N1CCc2sccc2C1. The van der Waals surface area contributed by atoms with Crippen molar-refractivity contribution in [3.05, 3.63) is 51.7 Å². The van der Waals surface area contributed by atoms with Gasteiger partial charge in [0.05, 0.1) is 0 Å². The molecule has 1 aliphatic heterocycles. The van der Waals surface area contributed by atoms with E-state index in [1.165, 1.54) is 10.4 Å². The van der Waals surface area contributed by atoms with Crippen LogP contribution in [0.1, 0.15) is 27.7 Å². The molecule has 1 aromatic carbocycles. The van der Waals surface area contributed by atoms with Crippen molar-refractivity contribution in [3.63, 3.8) is 0 Å². The normalized spacial score (nSPS) is 14.9. The highest BCUT2D eigenvalue weighted by Gasteiger charge is 2.25. The van der Waals surface area contributed by atoms with E-state index in [9.17, 15) is 9.59 Å². The summed E-state index contributed by atoms with van der Waals surface area (Å²) in [6.45, 7) is 3.26. The largest absolute Gasteiger partial charge is 0.374 e. The Kier molecular flexibility index (Phi) is 4.34. The van der Waals surface area contributed by atoms with Crippen LogP contribution >= 0.6 is 11.3 Å². The Morgan fingerprint density at radius 3 is 2.96 bits per heavy atom. The Morgan fingerprint density at radius 2 is 2.17 bits per heavy atom. The number of anilines is 1. The topological polar surface area (TPSA) is 75.4 Å². The van der Waals surface area contributed by atoms with E-state index in [-0.39, 0.29) is 11.9 Å². The van der Waals surface area contributed by atoms with E-state index in [0.717, 1.165) is 18.7 Å². The molecule has 5 nitrogen and oxygen atoms in total. The molecule has 0 saturated carbocycles. The number of amides is 2. The van der Waals surface area contributed by atoms with Gasteiger partial charge in [-0.25, -0.2) is 0 Å². The molecule has 2 amide bonds. The van der Waals surface area contributed by atoms with Crippen molar-refractivity contribution >= 4 is 28.8 Å². The Labute approximate surface area is 139 Å². The fourth-order valence-electron chi connectivity index (χ4n) is 2.78. The minimum atomic E-state index is -0.478. The summed E-state index contributed by atoms with van der Waals surface area (Å²) in [5.74, 6) is -0.417. The van der Waals surface area contributed by atoms with Crippen LogP contribution in [-0.4, -0.2) is 29.3 Å². The van der Waals surface area contributed by atoms with Gasteiger partial charge in [0.2, 0.25) is 11.8 Å². The molecule has 120 valence electrons. The van der Waals surface area contributed by atoms with E-state index < -0.39 is 5.91 Å². The van der Waals surface area contributed by atoms with Crippen LogP contribution in [0.25, 0.3) is 0 Å². The standard InChI is InChI=1S/C17H19N3O2S/c1-11(19-14-4-2-3-12(9-14)16(18)21)17(22)20-7-5-15-13(10-20)6-8-23-15/h2-4,6,8-9,11,19H,5,7,10H2,1H3,(H2,18,21)/t11-/m0/s1. The molecule has 0 spiro atoms. The molecule has 0 bridgehead atoms. The van der Waals surface area contributed by atoms with Crippen LogP contribution in [0.3, 0.4) is 0 Å². The average molecular weight is 329 g/mol. The fraction of sp³-hybridized carbons (Fsp3) is 0.294. The molecule has 0 saturated heterocycles. The van der Waals surface area contributed by atoms with Crippen molar-refractivity contribution in [2.24, 2.45) is 5.73 Å². The van der Waals surface area contributed by atoms with Gasteiger partial charge in [0.25, 0.3) is 0 Å². The van der Waals surface area contributed by atoms with E-state index in [4.69, 9.17) is 5.73 Å². The maximum Gasteiger partial charge on any atom is 0.248 e. The lowest BCUT2D eigenvalue weighted by Crippen LogP contribution is -2.43. The quantitative estimate of drug-likeness (QED) is 0.903. The zero-order valence-electron chi connectivity index (χ0n) is 12.9. The van der Waals surface area contributed by atoms with Crippen LogP contribution in [-0.2, 0) is 17.8 Å². The molecule has 23 heavy (non-hydrogen) atoms. The van der Waals surface area contributed by atoms with Crippen LogP contribution in [0.15, 0.2) is 35.7 Å². The number of fused-ring (bicyclic) bond motifs is 1. The van der Waals surface area contributed by atoms with E-state index >= 15 is 0 Å². The maximum atomic E-state index is 12.6. The number of carbonyl (C=O) groups excluding carboxylic acids is 2. The molecule has 1 aromatic heterocycles. The molecule has 2 heterocycles. The lowest BCUT2D eigenvalue weighted by molar-refractivity contribution is -0.132. The van der Waals surface area contributed by atoms with Gasteiger partial charge in [-0.2, -0.15) is 0 Å². The summed E-state index contributed by atoms with van der Waals surface area (Å²) in [7, 11) is 0. The molecule has 0 radical (unpaired) electrons. The molecular formula is C17H19N3O2S. The van der Waals surface area contributed by atoms with E-state index in [0.29, 0.717) is 12.1 Å². The lowest BCUT2D eigenvalue weighted by Gasteiger charge is -2.30. The zero-order chi connectivity index (χ0) is 16.4. The van der Waals surface area contributed by atoms with E-state index in [2.05, 4.69) is 16.8 Å². The van der Waals surface area contributed by atoms with E-state index in [1.807, 2.05) is 17.9 Å². The molecule has 1 atom stereocenters. The highest BCUT2D eigenvalue weighted by molar-refractivity contribution is 7.10. The summed E-state index contributed by atoms with van der Waals surface area (Å²) < 4.78 is 0.